The van der Waals surface area contributed by atoms with Gasteiger partial charge in [-0.15, -0.1) is 0 Å². The van der Waals surface area contributed by atoms with Gasteiger partial charge in [0.15, 0.2) is 0 Å². The topological polar surface area (TPSA) is 78.5 Å². The molecule has 2 aromatic rings. The molecule has 0 radical (unpaired) electrons. The van der Waals surface area contributed by atoms with Gasteiger partial charge in [-0.1, -0.05) is 47.5 Å². The number of urea groups is 1. The molecule has 1 aliphatic rings. The predicted molar refractivity (Wildman–Crippen MR) is 104 cm³/mol. The highest BCUT2D eigenvalue weighted by molar-refractivity contribution is 6.32. The maximum Gasteiger partial charge on any atom is 0.326 e. The predicted octanol–water partition coefficient (Wildman–Crippen LogP) is 3.79. The van der Waals surface area contributed by atoms with E-state index in [2.05, 4.69) is 10.6 Å². The number of amides is 4. The van der Waals surface area contributed by atoms with Crippen LogP contribution in [0.3, 0.4) is 0 Å². The monoisotopic (exact) mass is 405 g/mol. The summed E-state index contributed by atoms with van der Waals surface area (Å²) in [7, 11) is 0. The zero-order valence-corrected chi connectivity index (χ0v) is 16.1. The molecule has 27 heavy (non-hydrogen) atoms. The van der Waals surface area contributed by atoms with E-state index < -0.39 is 29.4 Å². The van der Waals surface area contributed by atoms with Crippen LogP contribution in [-0.4, -0.2) is 28.8 Å². The van der Waals surface area contributed by atoms with Gasteiger partial charge in [0, 0.05) is 21.3 Å². The van der Waals surface area contributed by atoms with Gasteiger partial charge in [-0.05, 0) is 38.1 Å². The van der Waals surface area contributed by atoms with Crippen molar-refractivity contribution in [2.24, 2.45) is 0 Å². The van der Waals surface area contributed by atoms with Crippen LogP contribution >= 0.6 is 23.2 Å². The summed E-state index contributed by atoms with van der Waals surface area (Å²) in [4.78, 5) is 39.0. The van der Waals surface area contributed by atoms with E-state index in [4.69, 9.17) is 23.2 Å². The van der Waals surface area contributed by atoms with Crippen LogP contribution in [0.15, 0.2) is 48.5 Å². The Labute approximate surface area is 166 Å². The summed E-state index contributed by atoms with van der Waals surface area (Å²) >= 11 is 12.1. The highest BCUT2D eigenvalue weighted by atomic mass is 35.5. The summed E-state index contributed by atoms with van der Waals surface area (Å²) < 4.78 is 0. The lowest BCUT2D eigenvalue weighted by atomic mass is 9.91. The number of anilines is 1. The first-order chi connectivity index (χ1) is 12.7. The summed E-state index contributed by atoms with van der Waals surface area (Å²) in [6.07, 6.45) is 0. The molecule has 1 fully saturated rings. The number of carbonyl (C=O) groups excluding carboxylic acids is 3. The van der Waals surface area contributed by atoms with Crippen molar-refractivity contribution in [2.45, 2.75) is 25.4 Å². The van der Waals surface area contributed by atoms with Crippen molar-refractivity contribution in [1.29, 1.82) is 0 Å². The molecule has 0 bridgehead atoms. The van der Waals surface area contributed by atoms with E-state index in [1.165, 1.54) is 6.92 Å². The van der Waals surface area contributed by atoms with Crippen molar-refractivity contribution in [3.8, 4) is 0 Å². The molecule has 1 heterocycles. The van der Waals surface area contributed by atoms with Gasteiger partial charge in [-0.25, -0.2) is 9.69 Å². The molecule has 0 aromatic heterocycles. The van der Waals surface area contributed by atoms with Crippen LogP contribution in [0.1, 0.15) is 19.4 Å². The Kier molecular flexibility index (Phi) is 5.13. The van der Waals surface area contributed by atoms with Crippen LogP contribution < -0.4 is 10.6 Å². The van der Waals surface area contributed by atoms with Crippen molar-refractivity contribution in [3.05, 3.63) is 64.1 Å². The lowest BCUT2D eigenvalue weighted by Gasteiger charge is -2.25. The molecule has 6 nitrogen and oxygen atoms in total. The van der Waals surface area contributed by atoms with Crippen LogP contribution in [-0.2, 0) is 15.1 Å². The largest absolute Gasteiger partial charge is 0.326 e. The Morgan fingerprint density at radius 3 is 2.52 bits per heavy atom. The minimum absolute atomic E-state index is 0.353. The summed E-state index contributed by atoms with van der Waals surface area (Å²) in [6, 6.07) is 11.7. The molecule has 2 atom stereocenters. The average Bonchev–Trinajstić information content (AvgIpc) is 2.84. The Hall–Kier alpha value is -2.57. The Bertz CT molecular complexity index is 934. The standard InChI is InChI=1S/C19H17Cl2N3O3/c1-11(16(25)22-13-7-5-6-12(20)10-13)24-17(26)19(2,23-18(24)27)14-8-3-4-9-15(14)21/h3-11H,1-2H3,(H,22,25)(H,23,27)/t11-,19+/m1/s1. The SMILES string of the molecule is C[C@H](C(=O)Nc1cccc(Cl)c1)N1C(=O)N[C@@](C)(c2ccccc2Cl)C1=O. The second-order valence-corrected chi connectivity index (χ2v) is 7.23. The van der Waals surface area contributed by atoms with Gasteiger partial charge in [0.2, 0.25) is 5.91 Å². The lowest BCUT2D eigenvalue weighted by molar-refractivity contribution is -0.136. The molecule has 0 unspecified atom stereocenters. The van der Waals surface area contributed by atoms with Gasteiger partial charge in [-0.3, -0.25) is 9.59 Å². The quantitative estimate of drug-likeness (QED) is 0.759. The summed E-state index contributed by atoms with van der Waals surface area (Å²) in [5, 5.41) is 6.12. The van der Waals surface area contributed by atoms with E-state index in [1.54, 1.807) is 55.5 Å². The van der Waals surface area contributed by atoms with E-state index in [9.17, 15) is 14.4 Å². The maximum atomic E-state index is 13.0. The van der Waals surface area contributed by atoms with E-state index >= 15 is 0 Å². The number of benzene rings is 2. The van der Waals surface area contributed by atoms with Gasteiger partial charge in [-0.2, -0.15) is 0 Å². The smallest absolute Gasteiger partial charge is 0.324 e. The van der Waals surface area contributed by atoms with E-state index in [0.29, 0.717) is 21.3 Å². The number of hydrogen-bond donors (Lipinski definition) is 2. The molecule has 0 spiro atoms. The second-order valence-electron chi connectivity index (χ2n) is 6.39. The first-order valence-corrected chi connectivity index (χ1v) is 8.97. The summed E-state index contributed by atoms with van der Waals surface area (Å²) in [5.74, 6) is -1.06. The second kappa shape index (κ2) is 7.21. The van der Waals surface area contributed by atoms with E-state index in [1.807, 2.05) is 0 Å². The summed E-state index contributed by atoms with van der Waals surface area (Å²) in [6.45, 7) is 3.05. The van der Waals surface area contributed by atoms with Gasteiger partial charge < -0.3 is 10.6 Å². The van der Waals surface area contributed by atoms with Crippen LogP contribution in [0.5, 0.6) is 0 Å². The Balaban J connectivity index is 1.84. The van der Waals surface area contributed by atoms with Gasteiger partial charge >= 0.3 is 6.03 Å². The van der Waals surface area contributed by atoms with Crippen molar-refractivity contribution in [2.75, 3.05) is 5.32 Å². The number of nitrogens with one attached hydrogen (secondary N) is 2. The highest BCUT2D eigenvalue weighted by Crippen LogP contribution is 2.34. The third-order valence-electron chi connectivity index (χ3n) is 4.49. The van der Waals surface area contributed by atoms with Crippen molar-refractivity contribution >= 4 is 46.7 Å². The van der Waals surface area contributed by atoms with Crippen molar-refractivity contribution in [1.82, 2.24) is 10.2 Å². The fourth-order valence-electron chi connectivity index (χ4n) is 2.99. The van der Waals surface area contributed by atoms with Crippen LogP contribution in [0, 0.1) is 0 Å². The summed E-state index contributed by atoms with van der Waals surface area (Å²) in [5.41, 5.74) is -0.407. The molecule has 0 aliphatic carbocycles. The number of hydrogen-bond acceptors (Lipinski definition) is 3. The average molecular weight is 406 g/mol. The molecule has 140 valence electrons. The maximum absolute atomic E-state index is 13.0. The molecule has 3 rings (SSSR count). The highest BCUT2D eigenvalue weighted by Gasteiger charge is 2.52. The normalized spacial score (nSPS) is 20.4. The number of halogens is 2. The van der Waals surface area contributed by atoms with Crippen molar-refractivity contribution < 1.29 is 14.4 Å². The number of rotatable bonds is 4. The molecule has 2 N–H and O–H groups in total. The first kappa shape index (κ1) is 19.2. The van der Waals surface area contributed by atoms with Gasteiger partial charge in [0.25, 0.3) is 5.91 Å². The molecular weight excluding hydrogens is 389 g/mol. The van der Waals surface area contributed by atoms with Crippen LogP contribution in [0.25, 0.3) is 0 Å². The number of nitrogens with zero attached hydrogens (tertiary/aromatic N) is 1. The first-order valence-electron chi connectivity index (χ1n) is 8.21. The molecule has 1 aliphatic heterocycles. The fourth-order valence-corrected chi connectivity index (χ4v) is 3.51. The fraction of sp³-hybridized carbons (Fsp3) is 0.211. The minimum atomic E-state index is -1.35. The van der Waals surface area contributed by atoms with Gasteiger partial charge in [0.1, 0.15) is 11.6 Å². The zero-order chi connectivity index (χ0) is 19.8. The number of carbonyl (C=O) groups is 3. The molecule has 1 saturated heterocycles. The molecule has 2 aromatic carbocycles. The third-order valence-corrected chi connectivity index (χ3v) is 5.06. The van der Waals surface area contributed by atoms with Crippen LogP contribution in [0.2, 0.25) is 10.0 Å². The molecule has 4 amide bonds. The molecular formula is C19H17Cl2N3O3. The lowest BCUT2D eigenvalue weighted by Crippen LogP contribution is -2.47. The van der Waals surface area contributed by atoms with Crippen molar-refractivity contribution in [3.63, 3.8) is 0 Å². The minimum Gasteiger partial charge on any atom is -0.324 e. The number of imide groups is 1. The Morgan fingerprint density at radius 2 is 1.85 bits per heavy atom. The molecule has 8 heteroatoms. The van der Waals surface area contributed by atoms with Crippen LogP contribution in [0.4, 0.5) is 10.5 Å². The Morgan fingerprint density at radius 1 is 1.15 bits per heavy atom. The molecule has 0 saturated carbocycles. The van der Waals surface area contributed by atoms with Gasteiger partial charge in [0.05, 0.1) is 0 Å². The zero-order valence-electron chi connectivity index (χ0n) is 14.6. The third kappa shape index (κ3) is 3.50. The van der Waals surface area contributed by atoms with E-state index in [0.717, 1.165) is 4.90 Å². The van der Waals surface area contributed by atoms with E-state index in [-0.39, 0.29) is 0 Å².